The topological polar surface area (TPSA) is 57.6 Å². The molecule has 0 rings (SSSR count). The first-order valence-corrected chi connectivity index (χ1v) is 5.80. The van der Waals surface area contributed by atoms with Crippen LogP contribution in [0.1, 0.15) is 6.92 Å². The van der Waals surface area contributed by atoms with Gasteiger partial charge in [0.15, 0.2) is 0 Å². The molecule has 0 aliphatic carbocycles. The molecule has 0 fully saturated rings. The SMILES string of the molecule is C=CCSCC(=O)N(C)CC(C)C(=O)O. The zero-order valence-electron chi connectivity index (χ0n) is 9.10. The molecule has 0 heterocycles. The van der Waals surface area contributed by atoms with Crippen LogP contribution in [0.2, 0.25) is 0 Å². The minimum Gasteiger partial charge on any atom is -0.481 e. The smallest absolute Gasteiger partial charge is 0.308 e. The summed E-state index contributed by atoms with van der Waals surface area (Å²) in [5, 5.41) is 8.67. The van der Waals surface area contributed by atoms with Crippen LogP contribution in [0.3, 0.4) is 0 Å². The molecule has 0 radical (unpaired) electrons. The largest absolute Gasteiger partial charge is 0.481 e. The quantitative estimate of drug-likeness (QED) is 0.526. The summed E-state index contributed by atoms with van der Waals surface area (Å²) < 4.78 is 0. The lowest BCUT2D eigenvalue weighted by Crippen LogP contribution is -2.34. The third-order valence-corrected chi connectivity index (χ3v) is 2.78. The van der Waals surface area contributed by atoms with Crippen LogP contribution < -0.4 is 0 Å². The van der Waals surface area contributed by atoms with Gasteiger partial charge in [0.1, 0.15) is 0 Å². The van der Waals surface area contributed by atoms with Gasteiger partial charge in [-0.2, -0.15) is 0 Å². The highest BCUT2D eigenvalue weighted by atomic mass is 32.2. The van der Waals surface area contributed by atoms with Gasteiger partial charge in [0.05, 0.1) is 11.7 Å². The van der Waals surface area contributed by atoms with Gasteiger partial charge in [-0.3, -0.25) is 9.59 Å². The van der Waals surface area contributed by atoms with Gasteiger partial charge in [-0.25, -0.2) is 0 Å². The van der Waals surface area contributed by atoms with Crippen molar-refractivity contribution in [1.29, 1.82) is 0 Å². The van der Waals surface area contributed by atoms with Crippen molar-refractivity contribution in [3.05, 3.63) is 12.7 Å². The van der Waals surface area contributed by atoms with E-state index in [4.69, 9.17) is 5.11 Å². The van der Waals surface area contributed by atoms with Crippen molar-refractivity contribution < 1.29 is 14.7 Å². The summed E-state index contributed by atoms with van der Waals surface area (Å²) in [6.07, 6.45) is 1.73. The van der Waals surface area contributed by atoms with Crippen LogP contribution in [0.15, 0.2) is 12.7 Å². The highest BCUT2D eigenvalue weighted by Crippen LogP contribution is 2.04. The Morgan fingerprint density at radius 1 is 1.60 bits per heavy atom. The Morgan fingerprint density at radius 2 is 2.20 bits per heavy atom. The van der Waals surface area contributed by atoms with E-state index in [0.717, 1.165) is 5.75 Å². The molecule has 0 saturated heterocycles. The van der Waals surface area contributed by atoms with Crippen LogP contribution in [0, 0.1) is 5.92 Å². The van der Waals surface area contributed by atoms with E-state index in [2.05, 4.69) is 6.58 Å². The van der Waals surface area contributed by atoms with Crippen molar-refractivity contribution in [2.75, 3.05) is 25.1 Å². The molecule has 1 amide bonds. The highest BCUT2D eigenvalue weighted by molar-refractivity contribution is 8.00. The van der Waals surface area contributed by atoms with Crippen molar-refractivity contribution in [3.63, 3.8) is 0 Å². The van der Waals surface area contributed by atoms with Crippen LogP contribution in [0.5, 0.6) is 0 Å². The second-order valence-corrected chi connectivity index (χ2v) is 4.35. The van der Waals surface area contributed by atoms with Gasteiger partial charge in [-0.15, -0.1) is 18.3 Å². The molecule has 5 heteroatoms. The minimum absolute atomic E-state index is 0.0463. The lowest BCUT2D eigenvalue weighted by molar-refractivity contribution is -0.142. The van der Waals surface area contributed by atoms with E-state index in [-0.39, 0.29) is 12.5 Å². The summed E-state index contributed by atoms with van der Waals surface area (Å²) in [5.74, 6) is -0.352. The second-order valence-electron chi connectivity index (χ2n) is 3.32. The van der Waals surface area contributed by atoms with Crippen LogP contribution in [-0.2, 0) is 9.59 Å². The molecule has 86 valence electrons. The molecule has 0 spiro atoms. The third kappa shape index (κ3) is 6.17. The number of hydrogen-bond donors (Lipinski definition) is 1. The van der Waals surface area contributed by atoms with Gasteiger partial charge in [0.2, 0.25) is 5.91 Å². The molecule has 15 heavy (non-hydrogen) atoms. The Morgan fingerprint density at radius 3 is 2.67 bits per heavy atom. The lowest BCUT2D eigenvalue weighted by Gasteiger charge is -2.19. The number of carboxylic acid groups (broad SMARTS) is 1. The predicted molar refractivity (Wildman–Crippen MR) is 62.0 cm³/mol. The maximum Gasteiger partial charge on any atom is 0.308 e. The monoisotopic (exact) mass is 231 g/mol. The first-order valence-electron chi connectivity index (χ1n) is 4.64. The Labute approximate surface area is 94.3 Å². The van der Waals surface area contributed by atoms with Crippen molar-refractivity contribution in [1.82, 2.24) is 4.90 Å². The van der Waals surface area contributed by atoms with Gasteiger partial charge in [0.25, 0.3) is 0 Å². The zero-order chi connectivity index (χ0) is 11.8. The Kier molecular flexibility index (Phi) is 6.86. The number of thioether (sulfide) groups is 1. The van der Waals surface area contributed by atoms with Gasteiger partial charge < -0.3 is 10.0 Å². The molecule has 1 atom stereocenters. The predicted octanol–water partition coefficient (Wildman–Crippen LogP) is 1.08. The molecule has 1 N–H and O–H groups in total. The van der Waals surface area contributed by atoms with Crippen LogP contribution in [-0.4, -0.2) is 47.0 Å². The summed E-state index contributed by atoms with van der Waals surface area (Å²) >= 11 is 1.47. The van der Waals surface area contributed by atoms with E-state index in [0.29, 0.717) is 5.75 Å². The fourth-order valence-electron chi connectivity index (χ4n) is 0.930. The molecule has 0 aliphatic heterocycles. The summed E-state index contributed by atoms with van der Waals surface area (Å²) in [7, 11) is 1.62. The second kappa shape index (κ2) is 7.34. The molecule has 0 aliphatic rings. The van der Waals surface area contributed by atoms with Crippen molar-refractivity contribution in [2.45, 2.75) is 6.92 Å². The molecule has 4 nitrogen and oxygen atoms in total. The Hall–Kier alpha value is -0.970. The maximum atomic E-state index is 11.5. The standard InChI is InChI=1S/C10H17NO3S/c1-4-5-15-7-9(12)11(3)6-8(2)10(13)14/h4,8H,1,5-7H2,2-3H3,(H,13,14). The van der Waals surface area contributed by atoms with Crippen LogP contribution >= 0.6 is 11.8 Å². The first-order chi connectivity index (χ1) is 6.99. The molecule has 0 aromatic rings. The van der Waals surface area contributed by atoms with E-state index in [1.807, 2.05) is 0 Å². The fraction of sp³-hybridized carbons (Fsp3) is 0.600. The third-order valence-electron chi connectivity index (χ3n) is 1.86. The normalized spacial score (nSPS) is 11.9. The van der Waals surface area contributed by atoms with Gasteiger partial charge in [0, 0.05) is 19.3 Å². The van der Waals surface area contributed by atoms with Gasteiger partial charge >= 0.3 is 5.97 Å². The van der Waals surface area contributed by atoms with Gasteiger partial charge in [-0.1, -0.05) is 13.0 Å². The average Bonchev–Trinajstić information content (AvgIpc) is 2.17. The lowest BCUT2D eigenvalue weighted by atomic mass is 10.2. The number of aliphatic carboxylic acids is 1. The molecule has 0 aromatic heterocycles. The average molecular weight is 231 g/mol. The summed E-state index contributed by atoms with van der Waals surface area (Å²) in [6, 6.07) is 0. The molecule has 0 bridgehead atoms. The zero-order valence-corrected chi connectivity index (χ0v) is 9.92. The van der Waals surface area contributed by atoms with Crippen molar-refractivity contribution >= 4 is 23.6 Å². The number of carboxylic acids is 1. The van der Waals surface area contributed by atoms with Crippen molar-refractivity contribution in [2.24, 2.45) is 5.92 Å². The number of nitrogens with zero attached hydrogens (tertiary/aromatic N) is 1. The maximum absolute atomic E-state index is 11.5. The number of rotatable bonds is 7. The van der Waals surface area contributed by atoms with E-state index in [1.165, 1.54) is 16.7 Å². The number of hydrogen-bond acceptors (Lipinski definition) is 3. The van der Waals surface area contributed by atoms with Crippen LogP contribution in [0.25, 0.3) is 0 Å². The number of carbonyl (C=O) groups is 2. The molecular formula is C10H17NO3S. The van der Waals surface area contributed by atoms with E-state index >= 15 is 0 Å². The number of amides is 1. The highest BCUT2D eigenvalue weighted by Gasteiger charge is 2.16. The first kappa shape index (κ1) is 14.0. The number of carbonyl (C=O) groups excluding carboxylic acids is 1. The van der Waals surface area contributed by atoms with E-state index in [9.17, 15) is 9.59 Å². The van der Waals surface area contributed by atoms with Crippen molar-refractivity contribution in [3.8, 4) is 0 Å². The van der Waals surface area contributed by atoms with Crippen LogP contribution in [0.4, 0.5) is 0 Å². The minimum atomic E-state index is -0.881. The fourth-order valence-corrected chi connectivity index (χ4v) is 1.61. The molecule has 0 aromatic carbocycles. The molecule has 0 saturated carbocycles. The summed E-state index contributed by atoms with van der Waals surface area (Å²) in [6.45, 7) is 5.39. The van der Waals surface area contributed by atoms with Gasteiger partial charge in [-0.05, 0) is 0 Å². The Bertz CT molecular complexity index is 243. The molecule has 1 unspecified atom stereocenters. The summed E-state index contributed by atoms with van der Waals surface area (Å²) in [5.41, 5.74) is 0. The summed E-state index contributed by atoms with van der Waals surface area (Å²) in [4.78, 5) is 23.5. The van der Waals surface area contributed by atoms with E-state index < -0.39 is 11.9 Å². The Balaban J connectivity index is 3.87. The van der Waals surface area contributed by atoms with E-state index in [1.54, 1.807) is 20.0 Å². The molecular weight excluding hydrogens is 214 g/mol.